The van der Waals surface area contributed by atoms with Crippen molar-refractivity contribution in [2.45, 2.75) is 81.5 Å². The van der Waals surface area contributed by atoms with E-state index in [2.05, 4.69) is 240 Å². The number of fused-ring (bicyclic) bond motifs is 14. The molecule has 81 heavy (non-hydrogen) atoms. The third kappa shape index (κ3) is 7.67. The number of hydrogen-bond donors (Lipinski definition) is 0. The van der Waals surface area contributed by atoms with Gasteiger partial charge >= 0.3 is 0 Å². The van der Waals surface area contributed by atoms with Crippen LogP contribution in [0.25, 0.3) is 66.7 Å². The van der Waals surface area contributed by atoms with Gasteiger partial charge in [-0.1, -0.05) is 208 Å². The molecule has 392 valence electrons. The zero-order valence-corrected chi connectivity index (χ0v) is 45.3. The van der Waals surface area contributed by atoms with Crippen molar-refractivity contribution >= 4 is 56.3 Å². The number of hydrogen-bond acceptors (Lipinski definition) is 6. The molecule has 0 amide bonds. The van der Waals surface area contributed by atoms with Crippen LogP contribution in [0.3, 0.4) is 0 Å². The maximum absolute atomic E-state index is 7.65. The van der Waals surface area contributed by atoms with E-state index in [0.29, 0.717) is 0 Å². The van der Waals surface area contributed by atoms with E-state index < -0.39 is 5.41 Å². The fourth-order valence-electron chi connectivity index (χ4n) is 14.5. The molecule has 16 rings (SSSR count). The van der Waals surface area contributed by atoms with Gasteiger partial charge in [-0.25, -0.2) is 9.97 Å². The minimum Gasteiger partial charge on any atom is -0.440 e. The summed E-state index contributed by atoms with van der Waals surface area (Å²) in [7, 11) is 0. The molecule has 0 atom stereocenters. The van der Waals surface area contributed by atoms with Crippen LogP contribution in [0.15, 0.2) is 239 Å². The second kappa shape index (κ2) is 19.5. The van der Waals surface area contributed by atoms with E-state index in [4.69, 9.17) is 18.8 Å². The first kappa shape index (κ1) is 47.7. The third-order valence-corrected chi connectivity index (χ3v) is 18.2. The first-order valence-electron chi connectivity index (χ1n) is 29.4. The van der Waals surface area contributed by atoms with Crippen molar-refractivity contribution in [2.24, 2.45) is 0 Å². The second-order valence-electron chi connectivity index (χ2n) is 22.8. The van der Waals surface area contributed by atoms with Gasteiger partial charge in [-0.05, 0) is 142 Å². The van der Waals surface area contributed by atoms with Gasteiger partial charge in [-0.15, -0.1) is 0 Å². The molecule has 0 bridgehead atoms. The van der Waals surface area contributed by atoms with Gasteiger partial charge in [0.25, 0.3) is 0 Å². The molecular weight excluding hydrogens is 989 g/mol. The lowest BCUT2D eigenvalue weighted by atomic mass is 9.70. The molecule has 2 heterocycles. The molecule has 0 radical (unpaired) electrons. The average molecular weight is 1050 g/mol. The van der Waals surface area contributed by atoms with Crippen molar-refractivity contribution in [2.75, 3.05) is 9.80 Å². The minimum absolute atomic E-state index is 0.214. The molecule has 0 unspecified atom stereocenters. The molecule has 12 aromatic rings. The standard InChI is InChI=1S/C75H60N4O2/c1-7-23-49(24-8-1)51-39-43-57(44-40-51)78(55-31-15-5-16-32-55)65-47-63-67(71-69(65)76-73(80-71)53-27-11-3-12-28-53)68-64(75(63)61-37-21-19-35-59(61)60-36-20-22-38-62(60)75)48-66(70-72(68)81-74(77-70)54-29-13-4-14-30-54)79(56-33-17-6-18-34-56)58-45-41-52(42-46-58)50-25-9-2-10-26-50/h1-2,5-10,15-26,31-48,53-54H,3-4,11-14,27-30H2. The van der Waals surface area contributed by atoms with E-state index in [0.717, 1.165) is 153 Å². The first-order chi connectivity index (χ1) is 40.2. The van der Waals surface area contributed by atoms with Crippen molar-refractivity contribution in [3.63, 3.8) is 0 Å². The maximum Gasteiger partial charge on any atom is 0.198 e. The topological polar surface area (TPSA) is 58.5 Å². The summed E-state index contributed by atoms with van der Waals surface area (Å²) in [6, 6.07) is 84.2. The lowest BCUT2D eigenvalue weighted by molar-refractivity contribution is 0.373. The summed E-state index contributed by atoms with van der Waals surface area (Å²) in [5, 5.41) is 0. The second-order valence-corrected chi connectivity index (χ2v) is 22.8. The molecule has 6 heteroatoms. The SMILES string of the molecule is c1ccc(-c2ccc(N(c3ccccc3)c3cc4c(c5oc(C6CCCCC6)nc35)-c3c(cc(N(c5ccccc5)c5ccc(-c6ccccc6)cc5)c5nc(C6CCCCC6)oc35)C43c4ccccc4-c4ccccc43)cc2)cc1. The van der Waals surface area contributed by atoms with Gasteiger partial charge in [0.1, 0.15) is 11.0 Å². The number of oxazole rings is 2. The van der Waals surface area contributed by atoms with Crippen molar-refractivity contribution in [3.05, 3.63) is 265 Å². The van der Waals surface area contributed by atoms with E-state index in [1.54, 1.807) is 0 Å². The highest BCUT2D eigenvalue weighted by Gasteiger charge is 2.55. The average Bonchev–Trinajstić information content (AvgIpc) is 3.26. The van der Waals surface area contributed by atoms with Crippen LogP contribution in [0.4, 0.5) is 34.1 Å². The molecule has 0 aliphatic heterocycles. The molecule has 2 aromatic heterocycles. The van der Waals surface area contributed by atoms with Gasteiger partial charge in [0.2, 0.25) is 0 Å². The summed E-state index contributed by atoms with van der Waals surface area (Å²) < 4.78 is 15.3. The molecule has 4 aliphatic rings. The Kier molecular flexibility index (Phi) is 11.5. The van der Waals surface area contributed by atoms with E-state index in [9.17, 15) is 0 Å². The fraction of sp³-hybridized carbons (Fsp3) is 0.173. The Morgan fingerprint density at radius 2 is 0.667 bits per heavy atom. The monoisotopic (exact) mass is 1050 g/mol. The summed E-state index contributed by atoms with van der Waals surface area (Å²) in [5.74, 6) is 2.07. The highest BCUT2D eigenvalue weighted by Crippen LogP contribution is 2.67. The smallest absolute Gasteiger partial charge is 0.198 e. The van der Waals surface area contributed by atoms with Gasteiger partial charge < -0.3 is 18.6 Å². The Hall–Kier alpha value is -9.26. The number of anilines is 6. The zero-order chi connectivity index (χ0) is 53.4. The zero-order valence-electron chi connectivity index (χ0n) is 45.3. The molecule has 6 nitrogen and oxygen atoms in total. The summed E-state index contributed by atoms with van der Waals surface area (Å²) in [5.41, 5.74) is 22.6. The molecule has 2 saturated carbocycles. The Bertz CT molecular complexity index is 4010. The van der Waals surface area contributed by atoms with Gasteiger partial charge in [0.05, 0.1) is 16.8 Å². The predicted molar refractivity (Wildman–Crippen MR) is 330 cm³/mol. The molecule has 0 N–H and O–H groups in total. The highest BCUT2D eigenvalue weighted by molar-refractivity contribution is 6.15. The third-order valence-electron chi connectivity index (χ3n) is 18.2. The Balaban J connectivity index is 1.03. The summed E-state index contributed by atoms with van der Waals surface area (Å²) in [6.45, 7) is 0. The van der Waals surface area contributed by atoms with Crippen LogP contribution in [0, 0.1) is 0 Å². The van der Waals surface area contributed by atoms with Crippen molar-refractivity contribution in [1.29, 1.82) is 0 Å². The largest absolute Gasteiger partial charge is 0.440 e. The quantitative estimate of drug-likeness (QED) is 0.136. The first-order valence-corrected chi connectivity index (χ1v) is 29.4. The van der Waals surface area contributed by atoms with Crippen LogP contribution in [0.5, 0.6) is 0 Å². The molecule has 1 spiro atoms. The molecule has 4 aliphatic carbocycles. The van der Waals surface area contributed by atoms with Crippen molar-refractivity contribution in [1.82, 2.24) is 9.97 Å². The van der Waals surface area contributed by atoms with Crippen molar-refractivity contribution < 1.29 is 8.83 Å². The van der Waals surface area contributed by atoms with E-state index in [1.165, 1.54) is 46.2 Å². The van der Waals surface area contributed by atoms with E-state index in [1.807, 2.05) is 0 Å². The van der Waals surface area contributed by atoms with E-state index >= 15 is 0 Å². The predicted octanol–water partition coefficient (Wildman–Crippen LogP) is 20.7. The number of para-hydroxylation sites is 2. The molecule has 0 saturated heterocycles. The Morgan fingerprint density at radius 1 is 0.333 bits per heavy atom. The Labute approximate surface area is 473 Å². The van der Waals surface area contributed by atoms with Crippen LogP contribution in [0.2, 0.25) is 0 Å². The van der Waals surface area contributed by atoms with Crippen LogP contribution in [-0.4, -0.2) is 9.97 Å². The van der Waals surface area contributed by atoms with Gasteiger partial charge in [0, 0.05) is 45.7 Å². The van der Waals surface area contributed by atoms with Crippen LogP contribution in [-0.2, 0) is 5.41 Å². The van der Waals surface area contributed by atoms with Gasteiger partial charge in [0.15, 0.2) is 22.9 Å². The van der Waals surface area contributed by atoms with Crippen LogP contribution >= 0.6 is 0 Å². The maximum atomic E-state index is 7.65. The summed E-state index contributed by atoms with van der Waals surface area (Å²) >= 11 is 0. The lowest BCUT2D eigenvalue weighted by Gasteiger charge is -2.33. The lowest BCUT2D eigenvalue weighted by Crippen LogP contribution is -2.26. The van der Waals surface area contributed by atoms with Crippen LogP contribution in [0.1, 0.15) is 110 Å². The van der Waals surface area contributed by atoms with E-state index in [-0.39, 0.29) is 11.8 Å². The fourth-order valence-corrected chi connectivity index (χ4v) is 14.5. The Morgan fingerprint density at radius 3 is 1.06 bits per heavy atom. The highest BCUT2D eigenvalue weighted by atomic mass is 16.4. The number of aromatic nitrogens is 2. The van der Waals surface area contributed by atoms with Gasteiger partial charge in [-0.2, -0.15) is 0 Å². The summed E-state index contributed by atoms with van der Waals surface area (Å²) in [4.78, 5) is 16.4. The summed E-state index contributed by atoms with van der Waals surface area (Å²) in [6.07, 6.45) is 11.3. The van der Waals surface area contributed by atoms with Crippen LogP contribution < -0.4 is 9.80 Å². The number of nitrogens with zero attached hydrogens (tertiary/aromatic N) is 4. The van der Waals surface area contributed by atoms with Crippen molar-refractivity contribution in [3.8, 4) is 44.5 Å². The molecular formula is C75H60N4O2. The minimum atomic E-state index is -0.821. The number of rotatable bonds is 10. The molecule has 2 fully saturated rings. The normalized spacial score (nSPS) is 15.4. The van der Waals surface area contributed by atoms with Gasteiger partial charge in [-0.3, -0.25) is 0 Å². The molecule has 10 aromatic carbocycles. The number of benzene rings is 10.